The summed E-state index contributed by atoms with van der Waals surface area (Å²) in [4.78, 5) is 4.15. The van der Waals surface area contributed by atoms with Crippen molar-refractivity contribution in [1.82, 2.24) is 10.2 Å². The molecule has 2 aliphatic rings. The minimum Gasteiger partial charge on any atom is -0.447 e. The number of anilines is 2. The number of hydrogen-bond donors (Lipinski definition) is 2. The van der Waals surface area contributed by atoms with Gasteiger partial charge in [-0.15, -0.1) is 0 Å². The highest BCUT2D eigenvalue weighted by Crippen LogP contribution is 2.43. The third kappa shape index (κ3) is 2.50. The van der Waals surface area contributed by atoms with E-state index in [0.717, 1.165) is 41.0 Å². The maximum atomic E-state index is 10.3. The van der Waals surface area contributed by atoms with Crippen molar-refractivity contribution in [3.8, 4) is 0 Å². The van der Waals surface area contributed by atoms with E-state index in [-0.39, 0.29) is 6.04 Å². The third-order valence-corrected chi connectivity index (χ3v) is 5.82. The Morgan fingerprint density at radius 3 is 2.88 bits per heavy atom. The molecule has 2 N–H and O–H groups in total. The van der Waals surface area contributed by atoms with E-state index in [4.69, 9.17) is 16.0 Å². The number of nitrogens with zero attached hydrogens (tertiary/aromatic N) is 3. The van der Waals surface area contributed by atoms with Crippen LogP contribution in [0, 0.1) is 0 Å². The van der Waals surface area contributed by atoms with Gasteiger partial charge < -0.3 is 19.3 Å². The predicted molar refractivity (Wildman–Crippen MR) is 100 cm³/mol. The summed E-state index contributed by atoms with van der Waals surface area (Å²) in [6, 6.07) is 2.06. The Bertz CT molecular complexity index is 781. The normalized spacial score (nSPS) is 24.2. The molecule has 2 atom stereocenters. The smallest absolute Gasteiger partial charge is 0.203 e. The van der Waals surface area contributed by atoms with Crippen LogP contribution in [0.1, 0.15) is 5.56 Å². The van der Waals surface area contributed by atoms with Crippen molar-refractivity contribution in [2.75, 3.05) is 42.7 Å². The summed E-state index contributed by atoms with van der Waals surface area (Å²) in [7, 11) is 3.97. The molecule has 1 aromatic heterocycles. The fourth-order valence-corrected chi connectivity index (χ4v) is 4.69. The van der Waals surface area contributed by atoms with Crippen LogP contribution < -0.4 is 14.1 Å². The van der Waals surface area contributed by atoms with Crippen molar-refractivity contribution >= 4 is 50.1 Å². The van der Waals surface area contributed by atoms with Crippen LogP contribution in [0.3, 0.4) is 0 Å². The zero-order valence-corrected chi connectivity index (χ0v) is 15.9. The quantitative estimate of drug-likeness (QED) is 0.735. The Kier molecular flexibility index (Phi) is 4.17. The summed E-state index contributed by atoms with van der Waals surface area (Å²) >= 11 is 10.1. The lowest BCUT2D eigenvalue weighted by atomic mass is 10.0. The van der Waals surface area contributed by atoms with Crippen LogP contribution in [-0.4, -0.2) is 56.0 Å². The van der Waals surface area contributed by atoms with E-state index in [1.165, 1.54) is 0 Å². The molecule has 0 radical (unpaired) electrons. The van der Waals surface area contributed by atoms with Crippen molar-refractivity contribution in [1.29, 1.82) is 0 Å². The number of hydrogen-bond acceptors (Lipinski definition) is 6. The Hall–Kier alpha value is -0.990. The number of likely N-dealkylation sites (N-methyl/N-ethyl adjacent to an activating group) is 1. The molecule has 2 aromatic rings. The molecule has 0 unspecified atom stereocenters. The van der Waals surface area contributed by atoms with Crippen LogP contribution in [-0.2, 0) is 6.54 Å². The summed E-state index contributed by atoms with van der Waals surface area (Å²) in [5.41, 5.74) is 2.11. The van der Waals surface area contributed by atoms with E-state index in [1.807, 2.05) is 24.1 Å². The van der Waals surface area contributed by atoms with E-state index < -0.39 is 6.10 Å². The summed E-state index contributed by atoms with van der Waals surface area (Å²) in [6.07, 6.45) is 1.40. The van der Waals surface area contributed by atoms with Gasteiger partial charge >= 0.3 is 0 Å². The maximum Gasteiger partial charge on any atom is 0.203 e. The Morgan fingerprint density at radius 2 is 2.17 bits per heavy atom. The first kappa shape index (κ1) is 16.5. The van der Waals surface area contributed by atoms with Gasteiger partial charge in [-0.3, -0.25) is 9.24 Å². The molecule has 8 heteroatoms. The molecular weight excluding hydrogens is 396 g/mol. The van der Waals surface area contributed by atoms with Crippen LogP contribution in [0.15, 0.2) is 16.7 Å². The zero-order chi connectivity index (χ0) is 17.0. The van der Waals surface area contributed by atoms with E-state index in [9.17, 15) is 5.11 Å². The van der Waals surface area contributed by atoms with Crippen LogP contribution in [0.4, 0.5) is 11.6 Å². The molecule has 4 rings (SSSR count). The Morgan fingerprint density at radius 1 is 1.38 bits per heavy atom. The molecule has 1 saturated heterocycles. The van der Waals surface area contributed by atoms with Gasteiger partial charge in [0, 0.05) is 36.0 Å². The molecule has 6 nitrogen and oxygen atoms in total. The first-order chi connectivity index (χ1) is 11.5. The second kappa shape index (κ2) is 6.07. The number of furan rings is 1. The Balaban J connectivity index is 1.78. The molecule has 0 spiro atoms. The van der Waals surface area contributed by atoms with Gasteiger partial charge in [0.15, 0.2) is 0 Å². The number of nitrogens with one attached hydrogen (secondary N) is 1. The lowest BCUT2D eigenvalue weighted by Gasteiger charge is -2.27. The van der Waals surface area contributed by atoms with Gasteiger partial charge in [-0.25, -0.2) is 0 Å². The van der Waals surface area contributed by atoms with Gasteiger partial charge in [-0.05, 0) is 20.2 Å². The third-order valence-electron chi connectivity index (χ3n) is 4.92. The van der Waals surface area contributed by atoms with Crippen molar-refractivity contribution in [3.05, 3.63) is 22.9 Å². The van der Waals surface area contributed by atoms with Crippen molar-refractivity contribution in [3.63, 3.8) is 0 Å². The van der Waals surface area contributed by atoms with Gasteiger partial charge in [-0.2, -0.15) is 0 Å². The Labute approximate surface area is 154 Å². The van der Waals surface area contributed by atoms with E-state index in [0.29, 0.717) is 18.2 Å². The highest BCUT2D eigenvalue weighted by Gasteiger charge is 2.35. The molecule has 1 fully saturated rings. The summed E-state index contributed by atoms with van der Waals surface area (Å²) < 4.78 is 7.84. The summed E-state index contributed by atoms with van der Waals surface area (Å²) in [5, 5.41) is 16.4. The topological polar surface area (TPSA) is 55.1 Å². The zero-order valence-electron chi connectivity index (χ0n) is 13.6. The monoisotopic (exact) mass is 414 g/mol. The first-order valence-electron chi connectivity index (χ1n) is 7.93. The van der Waals surface area contributed by atoms with Gasteiger partial charge in [0.2, 0.25) is 5.88 Å². The van der Waals surface area contributed by atoms with Crippen molar-refractivity contribution in [2.24, 2.45) is 0 Å². The molecule has 3 heterocycles. The number of benzene rings is 1. The molecule has 0 aliphatic carbocycles. The highest BCUT2D eigenvalue weighted by molar-refractivity contribution is 9.10. The van der Waals surface area contributed by atoms with Crippen molar-refractivity contribution in [2.45, 2.75) is 18.7 Å². The summed E-state index contributed by atoms with van der Waals surface area (Å²) in [6.45, 7) is 2.74. The number of fused-ring (bicyclic) bond motifs is 3. The number of halogens is 2. The largest absolute Gasteiger partial charge is 0.447 e. The minimum atomic E-state index is -0.395. The molecule has 2 aliphatic heterocycles. The highest BCUT2D eigenvalue weighted by atomic mass is 79.9. The van der Waals surface area contributed by atoms with Crippen LogP contribution in [0.5, 0.6) is 0 Å². The summed E-state index contributed by atoms with van der Waals surface area (Å²) in [5.74, 6) is 0.782. The van der Waals surface area contributed by atoms with E-state index in [1.54, 1.807) is 6.26 Å². The van der Waals surface area contributed by atoms with Crippen LogP contribution >= 0.6 is 27.7 Å². The lowest BCUT2D eigenvalue weighted by molar-refractivity contribution is 0.114. The minimum absolute atomic E-state index is 0.0953. The number of aliphatic hydroxyl groups excluding tert-OH is 1. The van der Waals surface area contributed by atoms with Gasteiger partial charge in [0.05, 0.1) is 45.7 Å². The van der Waals surface area contributed by atoms with Gasteiger partial charge in [-0.1, -0.05) is 11.6 Å². The molecule has 24 heavy (non-hydrogen) atoms. The predicted octanol–water partition coefficient (Wildman–Crippen LogP) is 2.37. The van der Waals surface area contributed by atoms with Crippen molar-refractivity contribution < 1.29 is 9.52 Å². The molecule has 1 aromatic carbocycles. The SMILES string of the molecule is CN(C)[C@@H]1CN(c2occ3c4c(c(Cl)cc23)N(Br)CNC4)C[C@H]1O. The van der Waals surface area contributed by atoms with Crippen LogP contribution in [0.25, 0.3) is 10.8 Å². The molecule has 0 bridgehead atoms. The fourth-order valence-electron chi connectivity index (χ4n) is 3.68. The van der Waals surface area contributed by atoms with E-state index >= 15 is 0 Å². The van der Waals surface area contributed by atoms with E-state index in [2.05, 4.69) is 31.3 Å². The number of aliphatic hydroxyl groups is 1. The first-order valence-corrected chi connectivity index (χ1v) is 9.02. The molecule has 0 saturated carbocycles. The van der Waals surface area contributed by atoms with Gasteiger partial charge in [0.25, 0.3) is 0 Å². The van der Waals surface area contributed by atoms with Gasteiger partial charge in [0.1, 0.15) is 6.26 Å². The lowest BCUT2D eigenvalue weighted by Crippen LogP contribution is -2.37. The molecular formula is C16H20BrClN4O2. The fraction of sp³-hybridized carbons (Fsp3) is 0.500. The number of rotatable bonds is 2. The second-order valence-electron chi connectivity index (χ2n) is 6.64. The maximum absolute atomic E-state index is 10.3. The number of β-amino-alcohol motifs (C(OH)–C–C–N with tert-alkyl or cyclic N) is 1. The average molecular weight is 416 g/mol. The molecule has 0 amide bonds. The van der Waals surface area contributed by atoms with Crippen LogP contribution in [0.2, 0.25) is 5.02 Å². The molecule has 130 valence electrons. The average Bonchev–Trinajstić information content (AvgIpc) is 3.10. The second-order valence-corrected chi connectivity index (χ2v) is 7.90. The standard InChI is InChI=1S/C16H20BrClN4O2/c1-20(2)13-5-21(6-14(13)23)16-9-3-12(18)15-10(11(9)7-24-16)4-19-8-22(15)17/h3,7,13-14,19,23H,4-6,8H2,1-2H3/t13-,14-/m1/s1.